The van der Waals surface area contributed by atoms with Crippen LogP contribution in [0, 0.1) is 12.8 Å². The molecule has 2 fully saturated rings. The largest absolute Gasteiger partial charge is 0.316 e. The molecule has 0 saturated heterocycles. The summed E-state index contributed by atoms with van der Waals surface area (Å²) in [6, 6.07) is 0.886. The third-order valence-corrected chi connectivity index (χ3v) is 10.2. The first-order valence-corrected chi connectivity index (χ1v) is 14.8. The van der Waals surface area contributed by atoms with Crippen LogP contribution in [0.5, 0.6) is 0 Å². The molecule has 0 spiro atoms. The molecular formula is C23H28F2N8O3S2. The van der Waals surface area contributed by atoms with Crippen molar-refractivity contribution in [2.75, 3.05) is 10.6 Å². The number of nitrogens with zero attached hydrogens (tertiary/aromatic N) is 5. The molecule has 3 heterocycles. The number of halogens is 2. The van der Waals surface area contributed by atoms with E-state index in [1.165, 1.54) is 11.3 Å². The SMILES string of the molecule is Cc1cc(Nc2nncn2[C@H]2CCc3sc(NC(=O)C4CC4)c(S(=O)(=O)NC4CC(F)(F)C4)c3C2)n(C)n1. The van der Waals surface area contributed by atoms with E-state index in [9.17, 15) is 22.0 Å². The Kier molecular flexibility index (Phi) is 6.07. The fraction of sp³-hybridized carbons (Fsp3) is 0.565. The summed E-state index contributed by atoms with van der Waals surface area (Å²) in [5, 5.41) is 18.9. The van der Waals surface area contributed by atoms with Crippen LogP contribution < -0.4 is 15.4 Å². The lowest BCUT2D eigenvalue weighted by molar-refractivity contribution is -0.117. The number of anilines is 3. The van der Waals surface area contributed by atoms with Crippen LogP contribution in [0.1, 0.15) is 54.3 Å². The Morgan fingerprint density at radius 1 is 1.24 bits per heavy atom. The van der Waals surface area contributed by atoms with Crippen LogP contribution in [-0.2, 0) is 34.7 Å². The van der Waals surface area contributed by atoms with Crippen molar-refractivity contribution in [3.8, 4) is 0 Å². The average molecular weight is 567 g/mol. The smallest absolute Gasteiger partial charge is 0.251 e. The Morgan fingerprint density at radius 2 is 2.00 bits per heavy atom. The van der Waals surface area contributed by atoms with Crippen molar-refractivity contribution in [3.05, 3.63) is 28.5 Å². The van der Waals surface area contributed by atoms with Gasteiger partial charge in [-0.15, -0.1) is 21.5 Å². The Bertz CT molecular complexity index is 1500. The van der Waals surface area contributed by atoms with Gasteiger partial charge in [0.1, 0.15) is 22.0 Å². The lowest BCUT2D eigenvalue weighted by atomic mass is 9.89. The normalized spacial score (nSPS) is 21.1. The number of hydrogen-bond donors (Lipinski definition) is 3. The second kappa shape index (κ2) is 9.09. The van der Waals surface area contributed by atoms with Crippen LogP contribution >= 0.6 is 11.3 Å². The predicted octanol–water partition coefficient (Wildman–Crippen LogP) is 3.28. The molecule has 3 aliphatic carbocycles. The van der Waals surface area contributed by atoms with Crippen molar-refractivity contribution in [2.45, 2.75) is 74.8 Å². The standard InChI is InChI=1S/C23H28F2N8O3S2/c1-12-7-18(32(2)30-12)27-22-29-26-11-33(22)15-5-6-17-16(8-15)19(21(37-17)28-20(34)13-3-4-13)38(35,36)31-14-9-23(24,25)10-14/h7,11,13-15,31H,3-6,8-10H2,1-2H3,(H,27,29)(H,28,34)/t15-/m0/s1. The Morgan fingerprint density at radius 3 is 2.66 bits per heavy atom. The number of aromatic nitrogens is 5. The van der Waals surface area contributed by atoms with E-state index in [0.29, 0.717) is 30.8 Å². The molecule has 0 aromatic carbocycles. The van der Waals surface area contributed by atoms with Gasteiger partial charge in [0.2, 0.25) is 21.9 Å². The zero-order valence-corrected chi connectivity index (χ0v) is 22.5. The van der Waals surface area contributed by atoms with Crippen LogP contribution in [-0.4, -0.2) is 50.8 Å². The van der Waals surface area contributed by atoms with Crippen LogP contribution in [0.15, 0.2) is 17.3 Å². The Hall–Kier alpha value is -2.91. The maximum absolute atomic E-state index is 13.6. The number of sulfonamides is 1. The molecule has 0 aliphatic heterocycles. The van der Waals surface area contributed by atoms with Crippen molar-refractivity contribution in [2.24, 2.45) is 13.0 Å². The molecule has 6 rings (SSSR count). The molecule has 204 valence electrons. The average Bonchev–Trinajstić information content (AvgIpc) is 3.34. The maximum atomic E-state index is 13.6. The van der Waals surface area contributed by atoms with E-state index in [-0.39, 0.29) is 27.8 Å². The summed E-state index contributed by atoms with van der Waals surface area (Å²) >= 11 is 1.26. The topological polar surface area (TPSA) is 136 Å². The molecule has 3 aromatic rings. The monoisotopic (exact) mass is 566 g/mol. The summed E-state index contributed by atoms with van der Waals surface area (Å²) in [7, 11) is -2.35. The molecule has 11 nitrogen and oxygen atoms in total. The molecule has 0 bridgehead atoms. The van der Waals surface area contributed by atoms with Crippen molar-refractivity contribution >= 4 is 44.0 Å². The van der Waals surface area contributed by atoms with Gasteiger partial charge < -0.3 is 10.6 Å². The van der Waals surface area contributed by atoms with Gasteiger partial charge in [0.25, 0.3) is 5.92 Å². The molecular weight excluding hydrogens is 538 g/mol. The number of alkyl halides is 2. The molecule has 15 heteroatoms. The minimum absolute atomic E-state index is 0.00346. The number of amides is 1. The van der Waals surface area contributed by atoms with Crippen LogP contribution in [0.4, 0.5) is 25.5 Å². The maximum Gasteiger partial charge on any atom is 0.251 e. The van der Waals surface area contributed by atoms with Gasteiger partial charge in [0.15, 0.2) is 0 Å². The molecule has 1 amide bonds. The summed E-state index contributed by atoms with van der Waals surface area (Å²) in [6.07, 6.45) is 3.75. The number of carbonyl (C=O) groups excluding carboxylic acids is 1. The number of hydrogen-bond acceptors (Lipinski definition) is 8. The van der Waals surface area contributed by atoms with E-state index >= 15 is 0 Å². The van der Waals surface area contributed by atoms with Crippen molar-refractivity contribution < 1.29 is 22.0 Å². The highest BCUT2D eigenvalue weighted by molar-refractivity contribution is 7.90. The van der Waals surface area contributed by atoms with Crippen LogP contribution in [0.2, 0.25) is 0 Å². The number of fused-ring (bicyclic) bond motifs is 1. The minimum atomic E-state index is -4.16. The van der Waals surface area contributed by atoms with Crippen LogP contribution in [0.25, 0.3) is 0 Å². The quantitative estimate of drug-likeness (QED) is 0.381. The summed E-state index contributed by atoms with van der Waals surface area (Å²) in [5.41, 5.74) is 1.45. The van der Waals surface area contributed by atoms with Gasteiger partial charge >= 0.3 is 0 Å². The third-order valence-electron chi connectivity index (χ3n) is 7.26. The van der Waals surface area contributed by atoms with E-state index < -0.39 is 34.8 Å². The zero-order chi connectivity index (χ0) is 26.8. The second-order valence-electron chi connectivity index (χ2n) is 10.4. The summed E-state index contributed by atoms with van der Waals surface area (Å²) in [5.74, 6) is -1.95. The van der Waals surface area contributed by atoms with Gasteiger partial charge in [-0.3, -0.25) is 14.0 Å². The first kappa shape index (κ1) is 25.4. The van der Waals surface area contributed by atoms with Gasteiger partial charge in [-0.25, -0.2) is 21.9 Å². The first-order valence-electron chi connectivity index (χ1n) is 12.5. The fourth-order valence-corrected chi connectivity index (χ4v) is 8.38. The van der Waals surface area contributed by atoms with E-state index in [1.807, 2.05) is 24.6 Å². The molecule has 3 N–H and O–H groups in total. The van der Waals surface area contributed by atoms with E-state index in [2.05, 4.69) is 30.7 Å². The van der Waals surface area contributed by atoms with E-state index in [4.69, 9.17) is 0 Å². The predicted molar refractivity (Wildman–Crippen MR) is 136 cm³/mol. The molecule has 3 aromatic heterocycles. The lowest BCUT2D eigenvalue weighted by Crippen LogP contribution is -2.50. The molecule has 3 aliphatic rings. The number of rotatable bonds is 8. The van der Waals surface area contributed by atoms with Gasteiger partial charge in [0, 0.05) is 48.8 Å². The summed E-state index contributed by atoms with van der Waals surface area (Å²) in [6.45, 7) is 1.88. The highest BCUT2D eigenvalue weighted by atomic mass is 32.2. The fourth-order valence-electron chi connectivity index (χ4n) is 5.17. The first-order chi connectivity index (χ1) is 18.0. The van der Waals surface area contributed by atoms with Crippen molar-refractivity contribution in [1.82, 2.24) is 29.3 Å². The number of nitrogens with one attached hydrogen (secondary N) is 3. The zero-order valence-electron chi connectivity index (χ0n) is 20.9. The van der Waals surface area contributed by atoms with E-state index in [0.717, 1.165) is 29.2 Å². The molecule has 1 atom stereocenters. The molecule has 0 unspecified atom stereocenters. The molecule has 0 radical (unpaired) electrons. The third kappa shape index (κ3) is 4.82. The second-order valence-corrected chi connectivity index (χ2v) is 13.1. The van der Waals surface area contributed by atoms with Gasteiger partial charge in [-0.05, 0) is 44.6 Å². The highest BCUT2D eigenvalue weighted by Gasteiger charge is 2.48. The van der Waals surface area contributed by atoms with Gasteiger partial charge in [-0.2, -0.15) is 5.10 Å². The highest BCUT2D eigenvalue weighted by Crippen LogP contribution is 2.46. The molecule has 2 saturated carbocycles. The Labute approximate surface area is 222 Å². The van der Waals surface area contributed by atoms with Gasteiger partial charge in [-0.1, -0.05) is 0 Å². The minimum Gasteiger partial charge on any atom is -0.316 e. The molecule has 38 heavy (non-hydrogen) atoms. The lowest BCUT2D eigenvalue weighted by Gasteiger charge is -2.35. The number of thiophene rings is 1. The number of carbonyl (C=O) groups is 1. The summed E-state index contributed by atoms with van der Waals surface area (Å²) in [4.78, 5) is 13.5. The van der Waals surface area contributed by atoms with Crippen LogP contribution in [0.3, 0.4) is 0 Å². The summed E-state index contributed by atoms with van der Waals surface area (Å²) < 4.78 is 60.0. The van der Waals surface area contributed by atoms with E-state index in [1.54, 1.807) is 11.0 Å². The number of aryl methyl sites for hydroxylation is 3. The Balaban J connectivity index is 1.31. The van der Waals surface area contributed by atoms with Crippen molar-refractivity contribution in [3.63, 3.8) is 0 Å². The van der Waals surface area contributed by atoms with Gasteiger partial charge in [0.05, 0.1) is 5.69 Å². The van der Waals surface area contributed by atoms with Crippen molar-refractivity contribution in [1.29, 1.82) is 0 Å².